The van der Waals surface area contributed by atoms with Gasteiger partial charge in [0.05, 0.1) is 6.04 Å². The quantitative estimate of drug-likeness (QED) is 0.918. The van der Waals surface area contributed by atoms with E-state index in [9.17, 15) is 4.39 Å². The van der Waals surface area contributed by atoms with E-state index in [0.29, 0.717) is 17.9 Å². The first-order valence-electron chi connectivity index (χ1n) is 6.69. The maximum absolute atomic E-state index is 13.2. The zero-order valence-electron chi connectivity index (χ0n) is 12.1. The van der Waals surface area contributed by atoms with Gasteiger partial charge in [0.15, 0.2) is 0 Å². The van der Waals surface area contributed by atoms with Crippen molar-refractivity contribution < 1.29 is 9.13 Å². The summed E-state index contributed by atoms with van der Waals surface area (Å²) in [4.78, 5) is 0. The van der Waals surface area contributed by atoms with Crippen LogP contribution in [0.5, 0.6) is 5.75 Å². The molecule has 0 aromatic heterocycles. The molecule has 1 unspecified atom stereocenters. The second-order valence-corrected chi connectivity index (χ2v) is 5.19. The second-order valence-electron chi connectivity index (χ2n) is 5.19. The van der Waals surface area contributed by atoms with Gasteiger partial charge in [-0.05, 0) is 55.7 Å². The number of benzene rings is 2. The van der Waals surface area contributed by atoms with Gasteiger partial charge in [-0.3, -0.25) is 0 Å². The summed E-state index contributed by atoms with van der Waals surface area (Å²) in [6, 6.07) is 10.7. The predicted octanol–water partition coefficient (Wildman–Crippen LogP) is 3.83. The van der Waals surface area contributed by atoms with Crippen molar-refractivity contribution in [3.63, 3.8) is 0 Å². The van der Waals surface area contributed by atoms with Crippen LogP contribution in [-0.4, -0.2) is 6.61 Å². The summed E-state index contributed by atoms with van der Waals surface area (Å²) in [5, 5.41) is 0. The minimum atomic E-state index is -0.226. The fourth-order valence-corrected chi connectivity index (χ4v) is 2.14. The first kappa shape index (κ1) is 14.5. The highest BCUT2D eigenvalue weighted by Gasteiger charge is 2.10. The zero-order valence-corrected chi connectivity index (χ0v) is 12.1. The van der Waals surface area contributed by atoms with E-state index in [-0.39, 0.29) is 11.9 Å². The first-order valence-corrected chi connectivity index (χ1v) is 6.69. The lowest BCUT2D eigenvalue weighted by Gasteiger charge is -2.16. The third kappa shape index (κ3) is 3.36. The van der Waals surface area contributed by atoms with E-state index >= 15 is 0 Å². The molecule has 0 aliphatic rings. The fraction of sp³-hybridized carbons (Fsp3) is 0.294. The van der Waals surface area contributed by atoms with E-state index in [4.69, 9.17) is 10.5 Å². The standard InChI is InChI=1S/C17H20FNO/c1-11-4-5-12(2)15(8-11)17(19)10-20-14-6-7-16(18)13(3)9-14/h4-9,17H,10,19H2,1-3H3. The smallest absolute Gasteiger partial charge is 0.126 e. The Kier molecular flexibility index (Phi) is 4.40. The molecule has 0 aliphatic heterocycles. The van der Waals surface area contributed by atoms with E-state index in [1.54, 1.807) is 19.1 Å². The molecule has 0 aliphatic carbocycles. The molecule has 0 amide bonds. The Morgan fingerprint density at radius 3 is 2.50 bits per heavy atom. The molecule has 2 nitrogen and oxygen atoms in total. The molecular weight excluding hydrogens is 253 g/mol. The van der Waals surface area contributed by atoms with Crippen LogP contribution in [-0.2, 0) is 0 Å². The molecule has 0 bridgehead atoms. The van der Waals surface area contributed by atoms with Gasteiger partial charge in [0.25, 0.3) is 0 Å². The van der Waals surface area contributed by atoms with Crippen molar-refractivity contribution in [3.05, 3.63) is 64.5 Å². The summed E-state index contributed by atoms with van der Waals surface area (Å²) in [5.41, 5.74) is 10.2. The number of aryl methyl sites for hydroxylation is 3. The normalized spacial score (nSPS) is 12.2. The lowest BCUT2D eigenvalue weighted by Crippen LogP contribution is -2.20. The van der Waals surface area contributed by atoms with Gasteiger partial charge in [0.2, 0.25) is 0 Å². The van der Waals surface area contributed by atoms with E-state index < -0.39 is 0 Å². The average Bonchev–Trinajstić information content (AvgIpc) is 2.42. The van der Waals surface area contributed by atoms with Gasteiger partial charge >= 0.3 is 0 Å². The molecule has 0 spiro atoms. The molecule has 106 valence electrons. The monoisotopic (exact) mass is 273 g/mol. The van der Waals surface area contributed by atoms with Crippen LogP contribution in [0.4, 0.5) is 4.39 Å². The number of hydrogen-bond donors (Lipinski definition) is 1. The highest BCUT2D eigenvalue weighted by molar-refractivity contribution is 5.33. The van der Waals surface area contributed by atoms with Crippen LogP contribution in [0.25, 0.3) is 0 Å². The number of ether oxygens (including phenoxy) is 1. The second kappa shape index (κ2) is 6.06. The summed E-state index contributed by atoms with van der Waals surface area (Å²) >= 11 is 0. The van der Waals surface area contributed by atoms with Crippen molar-refractivity contribution in [1.29, 1.82) is 0 Å². The molecule has 0 saturated carbocycles. The Morgan fingerprint density at radius 2 is 1.80 bits per heavy atom. The molecule has 1 atom stereocenters. The summed E-state index contributed by atoms with van der Waals surface area (Å²) in [6.45, 7) is 6.17. The summed E-state index contributed by atoms with van der Waals surface area (Å²) in [6.07, 6.45) is 0. The molecule has 2 aromatic rings. The minimum absolute atomic E-state index is 0.194. The Hall–Kier alpha value is -1.87. The first-order chi connectivity index (χ1) is 9.47. The van der Waals surface area contributed by atoms with E-state index in [1.807, 2.05) is 13.8 Å². The van der Waals surface area contributed by atoms with Gasteiger partial charge in [-0.25, -0.2) is 4.39 Å². The van der Waals surface area contributed by atoms with Crippen LogP contribution in [0.2, 0.25) is 0 Å². The Labute approximate surface area is 119 Å². The molecular formula is C17H20FNO. The number of hydrogen-bond acceptors (Lipinski definition) is 2. The number of rotatable bonds is 4. The van der Waals surface area contributed by atoms with Crippen LogP contribution >= 0.6 is 0 Å². The minimum Gasteiger partial charge on any atom is -0.492 e. The summed E-state index contributed by atoms with van der Waals surface area (Å²) < 4.78 is 18.8. The van der Waals surface area contributed by atoms with Gasteiger partial charge in [0.1, 0.15) is 18.2 Å². The van der Waals surface area contributed by atoms with Crippen molar-refractivity contribution >= 4 is 0 Å². The van der Waals surface area contributed by atoms with Crippen molar-refractivity contribution in [1.82, 2.24) is 0 Å². The summed E-state index contributed by atoms with van der Waals surface area (Å²) in [7, 11) is 0. The van der Waals surface area contributed by atoms with Gasteiger partial charge < -0.3 is 10.5 Å². The van der Waals surface area contributed by atoms with Gasteiger partial charge in [-0.1, -0.05) is 23.8 Å². The molecule has 20 heavy (non-hydrogen) atoms. The molecule has 2 aromatic carbocycles. The molecule has 2 rings (SSSR count). The number of nitrogens with two attached hydrogens (primary N) is 1. The third-order valence-corrected chi connectivity index (χ3v) is 3.39. The molecule has 3 heteroatoms. The SMILES string of the molecule is Cc1ccc(C)c(C(N)COc2ccc(F)c(C)c2)c1. The van der Waals surface area contributed by atoms with Gasteiger partial charge in [-0.2, -0.15) is 0 Å². The predicted molar refractivity (Wildman–Crippen MR) is 79.5 cm³/mol. The highest BCUT2D eigenvalue weighted by Crippen LogP contribution is 2.20. The molecule has 0 fully saturated rings. The van der Waals surface area contributed by atoms with Crippen molar-refractivity contribution in [2.75, 3.05) is 6.61 Å². The highest BCUT2D eigenvalue weighted by atomic mass is 19.1. The molecule has 2 N–H and O–H groups in total. The average molecular weight is 273 g/mol. The van der Waals surface area contributed by atoms with Crippen LogP contribution in [0, 0.1) is 26.6 Å². The van der Waals surface area contributed by atoms with Crippen LogP contribution in [0.3, 0.4) is 0 Å². The van der Waals surface area contributed by atoms with Crippen molar-refractivity contribution in [3.8, 4) is 5.75 Å². The Balaban J connectivity index is 2.06. The largest absolute Gasteiger partial charge is 0.492 e. The van der Waals surface area contributed by atoms with Crippen LogP contribution < -0.4 is 10.5 Å². The molecule has 0 radical (unpaired) electrons. The lowest BCUT2D eigenvalue weighted by atomic mass is 10.00. The van der Waals surface area contributed by atoms with Crippen molar-refractivity contribution in [2.24, 2.45) is 5.73 Å². The van der Waals surface area contributed by atoms with Crippen molar-refractivity contribution in [2.45, 2.75) is 26.8 Å². The lowest BCUT2D eigenvalue weighted by molar-refractivity contribution is 0.289. The van der Waals surface area contributed by atoms with Gasteiger partial charge in [-0.15, -0.1) is 0 Å². The van der Waals surface area contributed by atoms with Gasteiger partial charge in [0, 0.05) is 0 Å². The molecule has 0 saturated heterocycles. The Bertz CT molecular complexity index is 610. The van der Waals surface area contributed by atoms with E-state index in [0.717, 1.165) is 11.1 Å². The third-order valence-electron chi connectivity index (χ3n) is 3.39. The van der Waals surface area contributed by atoms with E-state index in [2.05, 4.69) is 18.2 Å². The maximum atomic E-state index is 13.2. The molecule has 0 heterocycles. The summed E-state index contributed by atoms with van der Waals surface area (Å²) in [5.74, 6) is 0.417. The van der Waals surface area contributed by atoms with Crippen LogP contribution in [0.1, 0.15) is 28.3 Å². The van der Waals surface area contributed by atoms with Crippen LogP contribution in [0.15, 0.2) is 36.4 Å². The van der Waals surface area contributed by atoms with E-state index in [1.165, 1.54) is 11.6 Å². The zero-order chi connectivity index (χ0) is 14.7. The fourth-order valence-electron chi connectivity index (χ4n) is 2.14. The topological polar surface area (TPSA) is 35.2 Å². The maximum Gasteiger partial charge on any atom is 0.126 e. The number of halogens is 1. The Morgan fingerprint density at radius 1 is 1.05 bits per heavy atom.